The van der Waals surface area contributed by atoms with Crippen LogP contribution in [0.5, 0.6) is 0 Å². The lowest BCUT2D eigenvalue weighted by Crippen LogP contribution is -2.36. The smallest absolute Gasteiger partial charge is 0.0453 e. The molecule has 2 rings (SSSR count). The van der Waals surface area contributed by atoms with Gasteiger partial charge >= 0.3 is 0 Å². The molecule has 108 valence electrons. The fraction of sp³-hybridized carbons (Fsp3) is 0.444. The van der Waals surface area contributed by atoms with Crippen LogP contribution in [0.25, 0.3) is 10.8 Å². The van der Waals surface area contributed by atoms with Crippen molar-refractivity contribution in [2.45, 2.75) is 32.4 Å². The first kappa shape index (κ1) is 15.0. The highest BCUT2D eigenvalue weighted by atomic mass is 15.1. The third-order valence-electron chi connectivity index (χ3n) is 4.36. The Bertz CT molecular complexity index is 545. The van der Waals surface area contributed by atoms with E-state index in [0.29, 0.717) is 12.1 Å². The first-order valence-corrected chi connectivity index (χ1v) is 7.52. The van der Waals surface area contributed by atoms with Gasteiger partial charge in [-0.25, -0.2) is 0 Å². The zero-order valence-electron chi connectivity index (χ0n) is 13.1. The molecule has 20 heavy (non-hydrogen) atoms. The van der Waals surface area contributed by atoms with Crippen molar-refractivity contribution in [3.05, 3.63) is 48.0 Å². The first-order chi connectivity index (χ1) is 9.67. The second-order valence-corrected chi connectivity index (χ2v) is 5.61. The van der Waals surface area contributed by atoms with Gasteiger partial charge in [0.15, 0.2) is 0 Å². The largest absolute Gasteiger partial charge is 0.312 e. The number of hydrogen-bond acceptors (Lipinski definition) is 2. The van der Waals surface area contributed by atoms with E-state index in [1.807, 2.05) is 0 Å². The van der Waals surface area contributed by atoms with Crippen molar-refractivity contribution in [1.82, 2.24) is 10.2 Å². The molecule has 2 aromatic rings. The number of hydrogen-bond donors (Lipinski definition) is 1. The lowest BCUT2D eigenvalue weighted by atomic mass is 9.98. The van der Waals surface area contributed by atoms with Crippen molar-refractivity contribution in [3.8, 4) is 0 Å². The Hall–Kier alpha value is -1.38. The molecule has 0 aromatic heterocycles. The van der Waals surface area contributed by atoms with Crippen LogP contribution in [0.2, 0.25) is 0 Å². The first-order valence-electron chi connectivity index (χ1n) is 7.52. The second kappa shape index (κ2) is 6.87. The fourth-order valence-corrected chi connectivity index (χ4v) is 2.68. The van der Waals surface area contributed by atoms with Crippen molar-refractivity contribution < 1.29 is 0 Å². The molecule has 0 aliphatic rings. The molecule has 1 N–H and O–H groups in total. The predicted molar refractivity (Wildman–Crippen MR) is 88.1 cm³/mol. The maximum atomic E-state index is 3.48. The molecule has 2 nitrogen and oxygen atoms in total. The van der Waals surface area contributed by atoms with Gasteiger partial charge in [0.2, 0.25) is 0 Å². The summed E-state index contributed by atoms with van der Waals surface area (Å²) in [4.78, 5) is 2.43. The third kappa shape index (κ3) is 3.20. The third-order valence-corrected chi connectivity index (χ3v) is 4.36. The fourth-order valence-electron chi connectivity index (χ4n) is 2.68. The highest BCUT2D eigenvalue weighted by Crippen LogP contribution is 2.25. The molecular weight excluding hydrogens is 244 g/mol. The summed E-state index contributed by atoms with van der Waals surface area (Å²) in [5.41, 5.74) is 1.39. The van der Waals surface area contributed by atoms with Gasteiger partial charge in [-0.3, -0.25) is 0 Å². The van der Waals surface area contributed by atoms with Gasteiger partial charge < -0.3 is 10.2 Å². The number of likely N-dealkylation sites (N-methyl/N-ethyl adjacent to an activating group) is 2. The van der Waals surface area contributed by atoms with Crippen LogP contribution in [-0.4, -0.2) is 31.6 Å². The minimum atomic E-state index is 0.361. The standard InChI is InChI=1S/C18H26N2/c1-5-14(2)20(4)13-18(19-3)17-12-8-10-15-9-6-7-11-16(15)17/h6-12,14,18-19H,5,13H2,1-4H3. The Balaban J connectivity index is 2.30. The molecule has 0 heterocycles. The predicted octanol–water partition coefficient (Wildman–Crippen LogP) is 3.83. The van der Waals surface area contributed by atoms with Gasteiger partial charge in [-0.2, -0.15) is 0 Å². The molecule has 2 unspecified atom stereocenters. The van der Waals surface area contributed by atoms with Crippen LogP contribution in [-0.2, 0) is 0 Å². The molecule has 2 atom stereocenters. The highest BCUT2D eigenvalue weighted by molar-refractivity contribution is 5.86. The normalized spacial score (nSPS) is 14.7. The minimum Gasteiger partial charge on any atom is -0.312 e. The van der Waals surface area contributed by atoms with Gasteiger partial charge in [0.1, 0.15) is 0 Å². The number of rotatable bonds is 6. The van der Waals surface area contributed by atoms with Gasteiger partial charge in [0.25, 0.3) is 0 Å². The van der Waals surface area contributed by atoms with Crippen LogP contribution < -0.4 is 5.32 Å². The summed E-state index contributed by atoms with van der Waals surface area (Å²) < 4.78 is 0. The lowest BCUT2D eigenvalue weighted by Gasteiger charge is -2.29. The number of nitrogens with one attached hydrogen (secondary N) is 1. The average Bonchev–Trinajstić information content (AvgIpc) is 2.51. The Morgan fingerprint density at radius 2 is 1.80 bits per heavy atom. The molecular formula is C18H26N2. The van der Waals surface area contributed by atoms with E-state index < -0.39 is 0 Å². The van der Waals surface area contributed by atoms with Crippen molar-refractivity contribution in [2.75, 3.05) is 20.6 Å². The van der Waals surface area contributed by atoms with Crippen molar-refractivity contribution in [3.63, 3.8) is 0 Å². The zero-order valence-corrected chi connectivity index (χ0v) is 13.1. The Labute approximate surface area is 122 Å². The van der Waals surface area contributed by atoms with Crippen molar-refractivity contribution >= 4 is 10.8 Å². The topological polar surface area (TPSA) is 15.3 Å². The van der Waals surface area contributed by atoms with Crippen LogP contribution in [0.4, 0.5) is 0 Å². The van der Waals surface area contributed by atoms with E-state index in [1.54, 1.807) is 0 Å². The summed E-state index contributed by atoms with van der Waals surface area (Å²) in [7, 11) is 4.26. The quantitative estimate of drug-likeness (QED) is 0.858. The maximum Gasteiger partial charge on any atom is 0.0453 e. The number of fused-ring (bicyclic) bond motifs is 1. The second-order valence-electron chi connectivity index (χ2n) is 5.61. The lowest BCUT2D eigenvalue weighted by molar-refractivity contribution is 0.228. The van der Waals surface area contributed by atoms with E-state index in [1.165, 1.54) is 22.8 Å². The molecule has 0 bridgehead atoms. The molecule has 0 aliphatic heterocycles. The van der Waals surface area contributed by atoms with E-state index >= 15 is 0 Å². The molecule has 0 fully saturated rings. The van der Waals surface area contributed by atoms with Crippen molar-refractivity contribution in [2.24, 2.45) is 0 Å². The molecule has 0 aliphatic carbocycles. The van der Waals surface area contributed by atoms with E-state index in [0.717, 1.165) is 6.54 Å². The molecule has 0 saturated heterocycles. The molecule has 0 radical (unpaired) electrons. The van der Waals surface area contributed by atoms with Gasteiger partial charge in [0.05, 0.1) is 0 Å². The van der Waals surface area contributed by atoms with Gasteiger partial charge in [-0.15, -0.1) is 0 Å². The summed E-state index contributed by atoms with van der Waals surface area (Å²) in [5.74, 6) is 0. The number of benzene rings is 2. The maximum absolute atomic E-state index is 3.48. The average molecular weight is 270 g/mol. The van der Waals surface area contributed by atoms with Gasteiger partial charge in [-0.1, -0.05) is 49.4 Å². The van der Waals surface area contributed by atoms with E-state index in [4.69, 9.17) is 0 Å². The van der Waals surface area contributed by atoms with Crippen LogP contribution in [0.15, 0.2) is 42.5 Å². The van der Waals surface area contributed by atoms with Crippen LogP contribution >= 0.6 is 0 Å². The molecule has 2 heteroatoms. The highest BCUT2D eigenvalue weighted by Gasteiger charge is 2.16. The number of nitrogens with zero attached hydrogens (tertiary/aromatic N) is 1. The Kier molecular flexibility index (Phi) is 5.16. The van der Waals surface area contributed by atoms with E-state index in [2.05, 4.69) is 80.6 Å². The minimum absolute atomic E-state index is 0.361. The summed E-state index contributed by atoms with van der Waals surface area (Å²) in [6, 6.07) is 16.2. The summed E-state index contributed by atoms with van der Waals surface area (Å²) in [6.07, 6.45) is 1.18. The van der Waals surface area contributed by atoms with Crippen molar-refractivity contribution in [1.29, 1.82) is 0 Å². The summed E-state index contributed by atoms with van der Waals surface area (Å²) in [5, 5.41) is 6.15. The Morgan fingerprint density at radius 3 is 2.50 bits per heavy atom. The SMILES string of the molecule is CCC(C)N(C)CC(NC)c1cccc2ccccc12. The van der Waals surface area contributed by atoms with Gasteiger partial charge in [-0.05, 0) is 43.8 Å². The Morgan fingerprint density at radius 1 is 1.10 bits per heavy atom. The molecule has 0 amide bonds. The zero-order chi connectivity index (χ0) is 14.5. The van der Waals surface area contributed by atoms with E-state index in [-0.39, 0.29) is 0 Å². The van der Waals surface area contributed by atoms with Crippen LogP contribution in [0.1, 0.15) is 31.9 Å². The molecule has 0 spiro atoms. The molecule has 0 saturated carbocycles. The molecule has 2 aromatic carbocycles. The van der Waals surface area contributed by atoms with E-state index in [9.17, 15) is 0 Å². The summed E-state index contributed by atoms with van der Waals surface area (Å²) >= 11 is 0. The van der Waals surface area contributed by atoms with Crippen LogP contribution in [0.3, 0.4) is 0 Å². The summed E-state index contributed by atoms with van der Waals surface area (Å²) in [6.45, 7) is 5.56. The van der Waals surface area contributed by atoms with Crippen LogP contribution in [0, 0.1) is 0 Å². The van der Waals surface area contributed by atoms with Gasteiger partial charge in [0, 0.05) is 18.6 Å². The monoisotopic (exact) mass is 270 g/mol.